The average molecular weight is 516 g/mol. The first-order valence-corrected chi connectivity index (χ1v) is 9.83. The fourth-order valence-electron chi connectivity index (χ4n) is 1.90. The molecule has 0 heterocycles. The van der Waals surface area contributed by atoms with Crippen molar-refractivity contribution >= 4 is 91.3 Å². The van der Waals surface area contributed by atoms with E-state index in [1.807, 2.05) is 24.3 Å². The molecule has 3 N–H and O–H groups in total. The van der Waals surface area contributed by atoms with E-state index in [4.69, 9.17) is 58.6 Å². The lowest BCUT2D eigenvalue weighted by molar-refractivity contribution is 0.0934. The van der Waals surface area contributed by atoms with Crippen molar-refractivity contribution in [2.75, 3.05) is 5.32 Å². The van der Waals surface area contributed by atoms with E-state index in [-0.39, 0.29) is 5.11 Å². The van der Waals surface area contributed by atoms with Crippen LogP contribution in [0.4, 0.5) is 5.69 Å². The van der Waals surface area contributed by atoms with Crippen molar-refractivity contribution in [1.82, 2.24) is 10.6 Å². The number of alkyl halides is 3. The summed E-state index contributed by atoms with van der Waals surface area (Å²) in [6, 6.07) is 13.8. The average Bonchev–Trinajstić information content (AvgIpc) is 2.55. The van der Waals surface area contributed by atoms with Crippen molar-refractivity contribution in [2.45, 2.75) is 9.96 Å². The van der Waals surface area contributed by atoms with Gasteiger partial charge in [-0.1, -0.05) is 64.6 Å². The molecule has 2 aromatic rings. The Bertz CT molecular complexity index is 816. The molecule has 0 fully saturated rings. The molecule has 0 radical (unpaired) electrons. The second-order valence-electron chi connectivity index (χ2n) is 5.04. The van der Waals surface area contributed by atoms with E-state index in [2.05, 4.69) is 31.9 Å². The van der Waals surface area contributed by atoms with Gasteiger partial charge in [0.25, 0.3) is 5.91 Å². The van der Waals surface area contributed by atoms with E-state index >= 15 is 0 Å². The van der Waals surface area contributed by atoms with Crippen LogP contribution in [0, 0.1) is 0 Å². The largest absolute Gasteiger partial charge is 0.339 e. The molecule has 0 aliphatic carbocycles. The summed E-state index contributed by atoms with van der Waals surface area (Å²) >= 11 is 32.4. The normalized spacial score (nSPS) is 12.2. The van der Waals surface area contributed by atoms with Gasteiger partial charge >= 0.3 is 0 Å². The molecule has 0 aromatic heterocycles. The van der Waals surface area contributed by atoms with Crippen molar-refractivity contribution in [3.05, 3.63) is 63.6 Å². The van der Waals surface area contributed by atoms with Gasteiger partial charge < -0.3 is 16.0 Å². The van der Waals surface area contributed by atoms with Crippen LogP contribution in [0.15, 0.2) is 53.0 Å². The summed E-state index contributed by atoms with van der Waals surface area (Å²) in [6.45, 7) is 0. The highest BCUT2D eigenvalue weighted by atomic mass is 79.9. The van der Waals surface area contributed by atoms with E-state index in [9.17, 15) is 4.79 Å². The van der Waals surface area contributed by atoms with Gasteiger partial charge in [0, 0.05) is 15.1 Å². The summed E-state index contributed by atoms with van der Waals surface area (Å²) < 4.78 is -1.05. The Kier molecular flexibility index (Phi) is 7.82. The van der Waals surface area contributed by atoms with Gasteiger partial charge in [-0.25, -0.2) is 0 Å². The smallest absolute Gasteiger partial charge is 0.253 e. The number of hydrogen-bond acceptors (Lipinski definition) is 2. The number of halogens is 5. The summed E-state index contributed by atoms with van der Waals surface area (Å²) in [5.41, 5.74) is 1.04. The van der Waals surface area contributed by atoms with E-state index in [1.54, 1.807) is 18.2 Å². The number of hydrogen-bond donors (Lipinski definition) is 3. The van der Waals surface area contributed by atoms with E-state index < -0.39 is 15.9 Å². The van der Waals surface area contributed by atoms with Gasteiger partial charge in [-0.2, -0.15) is 0 Å². The third-order valence-corrected chi connectivity index (χ3v) is 4.89. The number of amides is 1. The lowest BCUT2D eigenvalue weighted by atomic mass is 10.2. The molecule has 2 rings (SSSR count). The summed E-state index contributed by atoms with van der Waals surface area (Å²) in [5.74, 6) is -0.472. The first kappa shape index (κ1) is 21.5. The fourth-order valence-corrected chi connectivity index (χ4v) is 3.03. The number of nitrogens with one attached hydrogen (secondary N) is 3. The molecule has 1 atom stereocenters. The molecule has 0 saturated carbocycles. The van der Waals surface area contributed by atoms with Crippen LogP contribution in [0.2, 0.25) is 5.02 Å². The maximum Gasteiger partial charge on any atom is 0.253 e. The summed E-state index contributed by atoms with van der Waals surface area (Å²) in [5, 5.41) is 8.92. The van der Waals surface area contributed by atoms with Gasteiger partial charge in [0.1, 0.15) is 6.17 Å². The molecule has 1 unspecified atom stereocenters. The molecule has 1 amide bonds. The lowest BCUT2D eigenvalue weighted by Crippen LogP contribution is -2.56. The molecule has 26 heavy (non-hydrogen) atoms. The zero-order valence-electron chi connectivity index (χ0n) is 12.9. The van der Waals surface area contributed by atoms with Crippen LogP contribution >= 0.6 is 74.6 Å². The van der Waals surface area contributed by atoms with Crippen molar-refractivity contribution in [3.8, 4) is 0 Å². The Labute approximate surface area is 184 Å². The zero-order valence-corrected chi connectivity index (χ0v) is 18.3. The number of rotatable bonds is 4. The highest BCUT2D eigenvalue weighted by Gasteiger charge is 2.35. The van der Waals surface area contributed by atoms with Crippen molar-refractivity contribution in [2.24, 2.45) is 0 Å². The SMILES string of the molecule is O=C(NC(NC(=S)Nc1ccccc1Br)C(Cl)(Cl)Cl)c1cccc(Cl)c1. The van der Waals surface area contributed by atoms with E-state index in [0.29, 0.717) is 16.3 Å². The zero-order chi connectivity index (χ0) is 19.3. The third kappa shape index (κ3) is 6.44. The van der Waals surface area contributed by atoms with Crippen LogP contribution in [-0.4, -0.2) is 21.0 Å². The molecular formula is C16H12BrCl4N3OS. The Morgan fingerprint density at radius 3 is 2.38 bits per heavy atom. The molecule has 0 spiro atoms. The van der Waals surface area contributed by atoms with Gasteiger partial charge in [0.05, 0.1) is 5.69 Å². The number of thiocarbonyl (C=S) groups is 1. The van der Waals surface area contributed by atoms with Crippen LogP contribution in [-0.2, 0) is 0 Å². The Morgan fingerprint density at radius 1 is 1.08 bits per heavy atom. The summed E-state index contributed by atoms with van der Waals surface area (Å²) in [7, 11) is 0. The molecule has 4 nitrogen and oxygen atoms in total. The van der Waals surface area contributed by atoms with Crippen molar-refractivity contribution in [1.29, 1.82) is 0 Å². The second kappa shape index (κ2) is 9.44. The van der Waals surface area contributed by atoms with Gasteiger partial charge in [-0.3, -0.25) is 4.79 Å². The minimum Gasteiger partial charge on any atom is -0.339 e. The van der Waals surface area contributed by atoms with Crippen LogP contribution in [0.1, 0.15) is 10.4 Å². The molecule has 2 aromatic carbocycles. The maximum absolute atomic E-state index is 12.4. The molecule has 0 saturated heterocycles. The van der Waals surface area contributed by atoms with Crippen LogP contribution < -0.4 is 16.0 Å². The number of benzene rings is 2. The monoisotopic (exact) mass is 513 g/mol. The highest BCUT2D eigenvalue weighted by molar-refractivity contribution is 9.10. The predicted molar refractivity (Wildman–Crippen MR) is 116 cm³/mol. The first-order valence-electron chi connectivity index (χ1n) is 7.12. The van der Waals surface area contributed by atoms with E-state index in [1.165, 1.54) is 6.07 Å². The van der Waals surface area contributed by atoms with E-state index in [0.717, 1.165) is 4.47 Å². The Hall–Kier alpha value is -0.760. The highest BCUT2D eigenvalue weighted by Crippen LogP contribution is 2.29. The Balaban J connectivity index is 2.09. The minimum absolute atomic E-state index is 0.166. The Morgan fingerprint density at radius 2 is 1.77 bits per heavy atom. The molecule has 10 heteroatoms. The number of carbonyl (C=O) groups excluding carboxylic acids is 1. The molecular weight excluding hydrogens is 504 g/mol. The van der Waals surface area contributed by atoms with Crippen molar-refractivity contribution in [3.63, 3.8) is 0 Å². The molecule has 0 aliphatic heterocycles. The van der Waals surface area contributed by atoms with Crippen LogP contribution in [0.25, 0.3) is 0 Å². The molecule has 0 bridgehead atoms. The molecule has 0 aliphatic rings. The van der Waals surface area contributed by atoms with Gasteiger partial charge in [0.15, 0.2) is 5.11 Å². The fraction of sp³-hybridized carbons (Fsp3) is 0.125. The topological polar surface area (TPSA) is 53.2 Å². The minimum atomic E-state index is -1.85. The van der Waals surface area contributed by atoms with Crippen LogP contribution in [0.3, 0.4) is 0 Å². The third-order valence-electron chi connectivity index (χ3n) is 3.09. The quantitative estimate of drug-likeness (QED) is 0.285. The van der Waals surface area contributed by atoms with Gasteiger partial charge in [-0.05, 0) is 58.5 Å². The lowest BCUT2D eigenvalue weighted by Gasteiger charge is -2.28. The van der Waals surface area contributed by atoms with Crippen LogP contribution in [0.5, 0.6) is 0 Å². The molecule has 138 valence electrons. The number of carbonyl (C=O) groups is 1. The van der Waals surface area contributed by atoms with Crippen molar-refractivity contribution < 1.29 is 4.79 Å². The summed E-state index contributed by atoms with van der Waals surface area (Å²) in [6.07, 6.45) is -1.08. The maximum atomic E-state index is 12.4. The number of anilines is 1. The standard InChI is InChI=1S/C16H12BrCl4N3OS/c17-11-6-1-2-7-12(11)22-15(26)24-14(16(19,20)21)23-13(25)9-4-3-5-10(18)8-9/h1-8,14H,(H,23,25)(H2,22,24,26). The second-order valence-corrected chi connectivity index (χ2v) is 9.10. The van der Waals surface area contributed by atoms with Gasteiger partial charge in [-0.15, -0.1) is 0 Å². The number of para-hydroxylation sites is 1. The van der Waals surface area contributed by atoms with Gasteiger partial charge in [0.2, 0.25) is 3.79 Å². The predicted octanol–water partition coefficient (Wildman–Crippen LogP) is 5.52. The first-order chi connectivity index (χ1) is 12.2. The summed E-state index contributed by atoms with van der Waals surface area (Å²) in [4.78, 5) is 12.4.